The van der Waals surface area contributed by atoms with Crippen molar-refractivity contribution in [2.45, 2.75) is 25.5 Å². The molecule has 7 heteroatoms. The minimum absolute atomic E-state index is 0.110. The maximum Gasteiger partial charge on any atom is 0.154 e. The smallest absolute Gasteiger partial charge is 0.154 e. The number of sulfone groups is 1. The molecule has 0 saturated heterocycles. The van der Waals surface area contributed by atoms with Gasteiger partial charge in [-0.2, -0.15) is 0 Å². The Morgan fingerprint density at radius 2 is 2.12 bits per heavy atom. The zero-order chi connectivity index (χ0) is 12.3. The van der Waals surface area contributed by atoms with Gasteiger partial charge in [0.1, 0.15) is 16.2 Å². The monoisotopic (exact) mass is 324 g/mol. The van der Waals surface area contributed by atoms with Crippen molar-refractivity contribution >= 4 is 38.0 Å². The van der Waals surface area contributed by atoms with Gasteiger partial charge in [-0.1, -0.05) is 25.6 Å². The third-order valence-electron chi connectivity index (χ3n) is 1.88. The summed E-state index contributed by atoms with van der Waals surface area (Å²) in [5.41, 5.74) is 0.904. The highest BCUT2D eigenvalue weighted by atomic mass is 79.9. The fourth-order valence-corrected chi connectivity index (χ4v) is 2.55. The molecule has 0 fully saturated rings. The lowest BCUT2D eigenvalue weighted by Crippen LogP contribution is -2.08. The van der Waals surface area contributed by atoms with Crippen LogP contribution in [-0.4, -0.2) is 24.6 Å². The average Bonchev–Trinajstić information content (AvgIpc) is 2.11. The van der Waals surface area contributed by atoms with Crippen LogP contribution in [0.15, 0.2) is 4.47 Å². The number of rotatable bonds is 4. The van der Waals surface area contributed by atoms with Crippen molar-refractivity contribution in [3.8, 4) is 0 Å². The number of hydrogen-bond donors (Lipinski definition) is 1. The Bertz CT molecular complexity index is 537. The molecule has 90 valence electrons. The largest absolute Gasteiger partial charge is 0.345 e. The molecule has 0 unspecified atom stereocenters. The van der Waals surface area contributed by atoms with E-state index in [0.29, 0.717) is 10.5 Å². The second-order valence-electron chi connectivity index (χ2n) is 3.60. The van der Waals surface area contributed by atoms with Gasteiger partial charge >= 0.3 is 0 Å². The van der Waals surface area contributed by atoms with Gasteiger partial charge < -0.3 is 4.98 Å². The number of nitrogens with one attached hydrogen (secondary N) is 1. The summed E-state index contributed by atoms with van der Waals surface area (Å²) in [4.78, 5) is 7.04. The van der Waals surface area contributed by atoms with Crippen LogP contribution < -0.4 is 0 Å². The fraction of sp³-hybridized carbons (Fsp3) is 0.556. The third-order valence-corrected chi connectivity index (χ3v) is 4.09. The predicted molar refractivity (Wildman–Crippen MR) is 69.7 cm³/mol. The molecule has 0 saturated carbocycles. The van der Waals surface area contributed by atoms with Gasteiger partial charge in [0, 0.05) is 11.9 Å². The van der Waals surface area contributed by atoms with Crippen molar-refractivity contribution in [2.24, 2.45) is 0 Å². The van der Waals surface area contributed by atoms with Crippen LogP contribution in [0, 0.1) is 4.64 Å². The normalized spacial score (nSPS) is 11.7. The van der Waals surface area contributed by atoms with E-state index in [1.807, 2.05) is 6.92 Å². The standard InChI is InChI=1S/C9H13BrN2O2S2/c1-3-4-6-8(10)9(15)12-7(11-6)5-16(2,13)14/h3-5H2,1-2H3,(H,11,12,15). The van der Waals surface area contributed by atoms with Crippen molar-refractivity contribution in [3.63, 3.8) is 0 Å². The maximum absolute atomic E-state index is 11.2. The lowest BCUT2D eigenvalue weighted by molar-refractivity contribution is 0.599. The van der Waals surface area contributed by atoms with E-state index in [9.17, 15) is 8.42 Å². The molecule has 1 aromatic heterocycles. The van der Waals surface area contributed by atoms with Crippen molar-refractivity contribution in [1.82, 2.24) is 9.97 Å². The maximum atomic E-state index is 11.2. The van der Waals surface area contributed by atoms with Gasteiger partial charge in [0.15, 0.2) is 9.84 Å². The van der Waals surface area contributed by atoms with E-state index >= 15 is 0 Å². The Balaban J connectivity index is 3.19. The lowest BCUT2D eigenvalue weighted by atomic mass is 10.2. The molecule has 0 atom stereocenters. The quantitative estimate of drug-likeness (QED) is 0.864. The van der Waals surface area contributed by atoms with Crippen LogP contribution in [0.25, 0.3) is 0 Å². The molecule has 0 aliphatic carbocycles. The highest BCUT2D eigenvalue weighted by Crippen LogP contribution is 2.17. The average molecular weight is 325 g/mol. The fourth-order valence-electron chi connectivity index (χ4n) is 1.30. The number of hydrogen-bond acceptors (Lipinski definition) is 4. The van der Waals surface area contributed by atoms with Crippen molar-refractivity contribution in [2.75, 3.05) is 6.26 Å². The highest BCUT2D eigenvalue weighted by molar-refractivity contribution is 9.10. The van der Waals surface area contributed by atoms with Gasteiger partial charge in [-0.25, -0.2) is 13.4 Å². The Hall–Kier alpha value is -0.270. The Labute approximate surface area is 109 Å². The molecule has 1 aromatic rings. The third kappa shape index (κ3) is 3.95. The van der Waals surface area contributed by atoms with E-state index in [2.05, 4.69) is 25.9 Å². The van der Waals surface area contributed by atoms with Crippen LogP contribution >= 0.6 is 28.1 Å². The van der Waals surface area contributed by atoms with Crippen LogP contribution in [0.4, 0.5) is 0 Å². The van der Waals surface area contributed by atoms with Crippen LogP contribution in [0.1, 0.15) is 24.9 Å². The summed E-state index contributed by atoms with van der Waals surface area (Å²) in [6, 6.07) is 0. The summed E-state index contributed by atoms with van der Waals surface area (Å²) in [5, 5.41) is 0. The molecule has 0 aromatic carbocycles. The highest BCUT2D eigenvalue weighted by Gasteiger charge is 2.10. The molecule has 4 nitrogen and oxygen atoms in total. The van der Waals surface area contributed by atoms with Crippen molar-refractivity contribution in [1.29, 1.82) is 0 Å². The molecule has 1 rings (SSSR count). The Morgan fingerprint density at radius 1 is 1.50 bits per heavy atom. The molecule has 0 aliphatic rings. The molecule has 0 aliphatic heterocycles. The number of halogens is 1. The van der Waals surface area contributed by atoms with Gasteiger partial charge in [-0.15, -0.1) is 0 Å². The van der Waals surface area contributed by atoms with Gasteiger partial charge in [0.05, 0.1) is 4.47 Å². The number of nitrogens with zero attached hydrogens (tertiary/aromatic N) is 1. The molecule has 1 N–H and O–H groups in total. The second kappa shape index (κ2) is 5.37. The van der Waals surface area contributed by atoms with Gasteiger partial charge in [0.2, 0.25) is 0 Å². The zero-order valence-electron chi connectivity index (χ0n) is 9.08. The Kier molecular flexibility index (Phi) is 4.63. The first-order valence-electron chi connectivity index (χ1n) is 4.78. The first kappa shape index (κ1) is 13.8. The summed E-state index contributed by atoms with van der Waals surface area (Å²) in [5.74, 6) is 0.292. The first-order valence-corrected chi connectivity index (χ1v) is 8.05. The van der Waals surface area contributed by atoms with Crippen molar-refractivity contribution in [3.05, 3.63) is 20.6 Å². The topological polar surface area (TPSA) is 62.8 Å². The molecule has 16 heavy (non-hydrogen) atoms. The molecule has 0 spiro atoms. The number of aromatic nitrogens is 2. The van der Waals surface area contributed by atoms with Gasteiger partial charge in [0.25, 0.3) is 0 Å². The van der Waals surface area contributed by atoms with E-state index in [1.54, 1.807) is 0 Å². The van der Waals surface area contributed by atoms with E-state index in [4.69, 9.17) is 12.2 Å². The zero-order valence-corrected chi connectivity index (χ0v) is 12.3. The lowest BCUT2D eigenvalue weighted by Gasteiger charge is -2.06. The molecular weight excluding hydrogens is 312 g/mol. The molecule has 0 bridgehead atoms. The number of aryl methyl sites for hydroxylation is 1. The minimum Gasteiger partial charge on any atom is -0.345 e. The van der Waals surface area contributed by atoms with Gasteiger partial charge in [-0.3, -0.25) is 0 Å². The van der Waals surface area contributed by atoms with Crippen LogP contribution in [0.3, 0.4) is 0 Å². The summed E-state index contributed by atoms with van der Waals surface area (Å²) in [7, 11) is -3.09. The van der Waals surface area contributed by atoms with E-state index in [0.717, 1.165) is 23.0 Å². The van der Waals surface area contributed by atoms with Crippen molar-refractivity contribution < 1.29 is 8.42 Å². The van der Waals surface area contributed by atoms with E-state index in [-0.39, 0.29) is 5.75 Å². The summed E-state index contributed by atoms with van der Waals surface area (Å²) < 4.78 is 23.5. The summed E-state index contributed by atoms with van der Waals surface area (Å²) in [6.45, 7) is 2.04. The summed E-state index contributed by atoms with van der Waals surface area (Å²) >= 11 is 8.41. The van der Waals surface area contributed by atoms with Crippen LogP contribution in [0.2, 0.25) is 0 Å². The van der Waals surface area contributed by atoms with Crippen LogP contribution in [0.5, 0.6) is 0 Å². The SMILES string of the molecule is CCCc1[nH]c(CS(C)(=O)=O)nc(=S)c1Br. The second-order valence-corrected chi connectivity index (χ2v) is 6.92. The molecule has 0 radical (unpaired) electrons. The summed E-state index contributed by atoms with van der Waals surface area (Å²) in [6.07, 6.45) is 2.93. The Morgan fingerprint density at radius 3 is 2.62 bits per heavy atom. The van der Waals surface area contributed by atoms with E-state index in [1.165, 1.54) is 6.26 Å². The van der Waals surface area contributed by atoms with Gasteiger partial charge in [-0.05, 0) is 22.4 Å². The number of aromatic amines is 1. The number of H-pyrrole nitrogens is 1. The molecule has 1 heterocycles. The molecular formula is C9H13BrN2O2S2. The minimum atomic E-state index is -3.09. The molecule has 0 amide bonds. The van der Waals surface area contributed by atoms with Crippen LogP contribution in [-0.2, 0) is 22.0 Å². The van der Waals surface area contributed by atoms with E-state index < -0.39 is 9.84 Å². The predicted octanol–water partition coefficient (Wildman–Crippen LogP) is 2.40. The first-order chi connectivity index (χ1) is 7.33.